The number of anilines is 3. The zero-order chi connectivity index (χ0) is 27.7. The number of alkyl halides is 3. The number of carbonyl (C=O) groups is 3. The summed E-state index contributed by atoms with van der Waals surface area (Å²) in [5.74, 6) is 0.191. The second-order valence-corrected chi connectivity index (χ2v) is 8.81. The summed E-state index contributed by atoms with van der Waals surface area (Å²) in [4.78, 5) is 42.5. The largest absolute Gasteiger partial charge is 0.497 e. The minimum atomic E-state index is -4.55. The van der Waals surface area contributed by atoms with Crippen molar-refractivity contribution < 1.29 is 32.3 Å². The Morgan fingerprint density at radius 2 is 1.72 bits per heavy atom. The molecule has 2 heterocycles. The van der Waals surface area contributed by atoms with Gasteiger partial charge in [-0.05, 0) is 60.2 Å². The summed E-state index contributed by atoms with van der Waals surface area (Å²) in [5, 5.41) is 8.41. The van der Waals surface area contributed by atoms with E-state index in [9.17, 15) is 27.6 Å². The summed E-state index contributed by atoms with van der Waals surface area (Å²) < 4.78 is 44.1. The molecule has 1 aliphatic rings. The summed E-state index contributed by atoms with van der Waals surface area (Å²) in [7, 11) is 1.56. The third-order valence-electron chi connectivity index (χ3n) is 6.23. The Morgan fingerprint density at radius 1 is 1.00 bits per heavy atom. The molecule has 5 rings (SSSR count). The summed E-state index contributed by atoms with van der Waals surface area (Å²) in [5.41, 5.74) is 1.18. The maximum Gasteiger partial charge on any atom is 0.416 e. The van der Waals surface area contributed by atoms with Crippen molar-refractivity contribution in [1.82, 2.24) is 10.3 Å². The second kappa shape index (κ2) is 10.0. The highest BCUT2D eigenvalue weighted by atomic mass is 19.4. The molecular weight excluding hydrogens is 515 g/mol. The van der Waals surface area contributed by atoms with Crippen LogP contribution in [0.3, 0.4) is 0 Å². The first kappa shape index (κ1) is 25.6. The van der Waals surface area contributed by atoms with Crippen LogP contribution in [0.5, 0.6) is 5.75 Å². The quantitative estimate of drug-likeness (QED) is 0.243. The van der Waals surface area contributed by atoms with Gasteiger partial charge in [0, 0.05) is 34.9 Å². The van der Waals surface area contributed by atoms with Gasteiger partial charge in [0.1, 0.15) is 11.8 Å². The molecule has 200 valence electrons. The lowest BCUT2D eigenvalue weighted by Gasteiger charge is -2.15. The highest BCUT2D eigenvalue weighted by Crippen LogP contribution is 2.31. The van der Waals surface area contributed by atoms with Crippen LogP contribution in [0.4, 0.5) is 39.8 Å². The number of urea groups is 2. The van der Waals surface area contributed by atoms with Crippen molar-refractivity contribution in [3.63, 3.8) is 0 Å². The van der Waals surface area contributed by atoms with E-state index in [-0.39, 0.29) is 23.5 Å². The first-order chi connectivity index (χ1) is 18.6. The molecule has 1 unspecified atom stereocenters. The Kier molecular flexibility index (Phi) is 6.60. The van der Waals surface area contributed by atoms with Gasteiger partial charge in [-0.3, -0.25) is 4.79 Å². The predicted molar refractivity (Wildman–Crippen MR) is 139 cm³/mol. The van der Waals surface area contributed by atoms with Crippen LogP contribution >= 0.6 is 0 Å². The number of H-pyrrole nitrogens is 1. The van der Waals surface area contributed by atoms with Crippen LogP contribution in [0.1, 0.15) is 11.1 Å². The molecule has 0 saturated carbocycles. The van der Waals surface area contributed by atoms with Crippen molar-refractivity contribution in [3.8, 4) is 5.75 Å². The highest BCUT2D eigenvalue weighted by molar-refractivity contribution is 6.21. The molecule has 0 aliphatic carbocycles. The van der Waals surface area contributed by atoms with Gasteiger partial charge in [0.05, 0.1) is 18.4 Å². The number of fused-ring (bicyclic) bond motifs is 1. The SMILES string of the molecule is COc1ccc2[nH]cc(CC3NC(=O)N(c4cccc(NC(=O)Nc5cccc(C(F)(F)F)c5)c4)C3=O)c2c1. The number of benzene rings is 3. The summed E-state index contributed by atoms with van der Waals surface area (Å²) in [6.07, 6.45) is -2.53. The number of nitrogens with zero attached hydrogens (tertiary/aromatic N) is 1. The van der Waals surface area contributed by atoms with Gasteiger partial charge in [-0.25, -0.2) is 14.5 Å². The lowest BCUT2D eigenvalue weighted by Crippen LogP contribution is -2.32. The number of halogens is 3. The van der Waals surface area contributed by atoms with Crippen molar-refractivity contribution in [3.05, 3.63) is 84.1 Å². The second-order valence-electron chi connectivity index (χ2n) is 8.81. The normalized spacial score (nSPS) is 15.4. The number of amides is 5. The molecule has 1 aromatic heterocycles. The van der Waals surface area contributed by atoms with Crippen LogP contribution in [-0.4, -0.2) is 36.1 Å². The van der Waals surface area contributed by atoms with Crippen LogP contribution in [0.15, 0.2) is 72.9 Å². The van der Waals surface area contributed by atoms with E-state index in [0.29, 0.717) is 5.75 Å². The maximum absolute atomic E-state index is 13.2. The van der Waals surface area contributed by atoms with E-state index in [1.807, 2.05) is 18.2 Å². The number of rotatable bonds is 6. The van der Waals surface area contributed by atoms with Gasteiger partial charge in [0.2, 0.25) is 0 Å². The summed E-state index contributed by atoms with van der Waals surface area (Å²) >= 11 is 0. The van der Waals surface area contributed by atoms with E-state index in [0.717, 1.165) is 33.5 Å². The van der Waals surface area contributed by atoms with Gasteiger partial charge in [0.15, 0.2) is 0 Å². The topological polar surface area (TPSA) is 116 Å². The highest BCUT2D eigenvalue weighted by Gasteiger charge is 2.39. The number of hydrogen-bond donors (Lipinski definition) is 4. The van der Waals surface area contributed by atoms with Crippen LogP contribution in [0.2, 0.25) is 0 Å². The molecule has 39 heavy (non-hydrogen) atoms. The average molecular weight is 537 g/mol. The molecular formula is C27H22F3N5O4. The van der Waals surface area contributed by atoms with E-state index in [2.05, 4.69) is 20.9 Å². The molecule has 0 radical (unpaired) electrons. The third-order valence-corrected chi connectivity index (χ3v) is 6.23. The number of ether oxygens (including phenoxy) is 1. The van der Waals surface area contributed by atoms with E-state index < -0.39 is 35.8 Å². The van der Waals surface area contributed by atoms with Gasteiger partial charge in [-0.15, -0.1) is 0 Å². The molecule has 12 heteroatoms. The van der Waals surface area contributed by atoms with Crippen LogP contribution in [-0.2, 0) is 17.4 Å². The van der Waals surface area contributed by atoms with Crippen molar-refractivity contribution in [1.29, 1.82) is 0 Å². The first-order valence-electron chi connectivity index (χ1n) is 11.8. The Hall–Kier alpha value is -5.00. The van der Waals surface area contributed by atoms with E-state index in [1.54, 1.807) is 13.3 Å². The summed E-state index contributed by atoms with van der Waals surface area (Å²) in [6.45, 7) is 0. The number of aromatic amines is 1. The van der Waals surface area contributed by atoms with Crippen LogP contribution in [0.25, 0.3) is 10.9 Å². The smallest absolute Gasteiger partial charge is 0.416 e. The van der Waals surface area contributed by atoms with Crippen molar-refractivity contribution in [2.24, 2.45) is 0 Å². The molecule has 3 aromatic carbocycles. The molecule has 1 fully saturated rings. The Morgan fingerprint density at radius 3 is 2.44 bits per heavy atom. The van der Waals surface area contributed by atoms with Crippen LogP contribution in [0, 0.1) is 0 Å². The molecule has 0 spiro atoms. The van der Waals surface area contributed by atoms with Crippen LogP contribution < -0.4 is 25.6 Å². The number of nitrogens with one attached hydrogen (secondary N) is 4. The van der Waals surface area contributed by atoms with Gasteiger partial charge in [-0.2, -0.15) is 13.2 Å². The standard InChI is InChI=1S/C27H22F3N5O4/c1-39-20-8-9-22-21(13-20)15(14-31-22)10-23-24(36)35(26(38)34-23)19-7-3-6-18(12-19)33-25(37)32-17-5-2-4-16(11-17)27(28,29)30/h2-9,11-14,23,31H,10H2,1H3,(H,34,38)(H2,32,33,37). The number of hydrogen-bond acceptors (Lipinski definition) is 4. The molecule has 4 N–H and O–H groups in total. The first-order valence-corrected chi connectivity index (χ1v) is 11.8. The van der Waals surface area contributed by atoms with Crippen molar-refractivity contribution >= 4 is 45.9 Å². The monoisotopic (exact) mass is 537 g/mol. The zero-order valence-corrected chi connectivity index (χ0v) is 20.4. The lowest BCUT2D eigenvalue weighted by atomic mass is 10.0. The third kappa shape index (κ3) is 5.35. The van der Waals surface area contributed by atoms with E-state index in [4.69, 9.17) is 4.74 Å². The number of methoxy groups -OCH3 is 1. The van der Waals surface area contributed by atoms with E-state index in [1.165, 1.54) is 36.4 Å². The maximum atomic E-state index is 13.2. The van der Waals surface area contributed by atoms with Gasteiger partial charge in [0.25, 0.3) is 5.91 Å². The summed E-state index contributed by atoms with van der Waals surface area (Å²) in [6, 6.07) is 13.5. The molecule has 1 saturated heterocycles. The molecule has 1 atom stereocenters. The van der Waals surface area contributed by atoms with Crippen molar-refractivity contribution in [2.75, 3.05) is 22.6 Å². The fraction of sp³-hybridized carbons (Fsp3) is 0.148. The van der Waals surface area contributed by atoms with E-state index >= 15 is 0 Å². The van der Waals surface area contributed by atoms with Gasteiger partial charge < -0.3 is 25.7 Å². The fourth-order valence-electron chi connectivity index (χ4n) is 4.38. The lowest BCUT2D eigenvalue weighted by molar-refractivity contribution is -0.137. The Balaban J connectivity index is 1.28. The molecule has 5 amide bonds. The minimum Gasteiger partial charge on any atom is -0.497 e. The number of carbonyl (C=O) groups excluding carboxylic acids is 3. The number of aromatic nitrogens is 1. The van der Waals surface area contributed by atoms with Gasteiger partial charge in [-0.1, -0.05) is 12.1 Å². The predicted octanol–water partition coefficient (Wildman–Crippen LogP) is 5.51. The molecule has 1 aliphatic heterocycles. The molecule has 4 aromatic rings. The molecule has 9 nitrogen and oxygen atoms in total. The van der Waals surface area contributed by atoms with Gasteiger partial charge >= 0.3 is 18.2 Å². The zero-order valence-electron chi connectivity index (χ0n) is 20.4. The molecule has 0 bridgehead atoms. The Bertz CT molecular complexity index is 1580. The number of imide groups is 1. The minimum absolute atomic E-state index is 0.0506. The Labute approximate surface area is 219 Å². The average Bonchev–Trinajstić information content (AvgIpc) is 3.42. The van der Waals surface area contributed by atoms with Crippen molar-refractivity contribution in [2.45, 2.75) is 18.6 Å². The fourth-order valence-corrected chi connectivity index (χ4v) is 4.38.